The summed E-state index contributed by atoms with van der Waals surface area (Å²) in [6, 6.07) is 16.5. The van der Waals surface area contributed by atoms with Crippen molar-refractivity contribution in [2.24, 2.45) is 0 Å². The Morgan fingerprint density at radius 2 is 2.00 bits per heavy atom. The van der Waals surface area contributed by atoms with E-state index in [9.17, 15) is 0 Å². The molecule has 1 N–H and O–H groups in total. The topological polar surface area (TPSA) is 33.1 Å². The van der Waals surface area contributed by atoms with Gasteiger partial charge in [-0.05, 0) is 0 Å². The second-order valence-electron chi connectivity index (χ2n) is 5.40. The number of imidazole rings is 1. The Hall–Kier alpha value is -2.16. The van der Waals surface area contributed by atoms with Crippen molar-refractivity contribution in [1.29, 1.82) is 0 Å². The summed E-state index contributed by atoms with van der Waals surface area (Å²) in [5, 5.41) is 5.26. The van der Waals surface area contributed by atoms with Crippen LogP contribution >= 0.6 is 11.6 Å². The van der Waals surface area contributed by atoms with Crippen molar-refractivity contribution in [3.05, 3.63) is 84.0 Å². The summed E-state index contributed by atoms with van der Waals surface area (Å²) in [6.45, 7) is 0. The van der Waals surface area contributed by atoms with Crippen LogP contribution in [0.2, 0.25) is 5.02 Å². The van der Waals surface area contributed by atoms with Crippen LogP contribution in [-0.4, -0.2) is 25.5 Å². The summed E-state index contributed by atoms with van der Waals surface area (Å²) < 4.78 is 4.31. The van der Waals surface area contributed by atoms with E-state index in [1.54, 1.807) is 12.5 Å². The van der Waals surface area contributed by atoms with Gasteiger partial charge in [-0.15, -0.1) is 0 Å². The molecule has 0 atom stereocenters. The Bertz CT molecular complexity index is 862. The number of nitrogens with zero attached hydrogens (tertiary/aromatic N) is 3. The summed E-state index contributed by atoms with van der Waals surface area (Å²) >= 11 is 6.13. The molecule has 0 fully saturated rings. The van der Waals surface area contributed by atoms with Crippen LogP contribution in [0.1, 0.15) is 5.56 Å². The predicted octanol–water partition coefficient (Wildman–Crippen LogP) is 4.04. The SMILES string of the molecule is Clc1ccc2c(c1)N([As]Cc1ccccc1)C=C(n1ccnc1)N2. The van der Waals surface area contributed by atoms with E-state index in [1.165, 1.54) is 5.56 Å². The first-order valence-corrected chi connectivity index (χ1v) is 10.1. The average Bonchev–Trinajstić information content (AvgIpc) is 3.15. The summed E-state index contributed by atoms with van der Waals surface area (Å²) in [4.78, 5) is 4.14. The van der Waals surface area contributed by atoms with Crippen molar-refractivity contribution in [2.45, 2.75) is 5.21 Å². The van der Waals surface area contributed by atoms with E-state index in [4.69, 9.17) is 11.6 Å². The van der Waals surface area contributed by atoms with Gasteiger partial charge >= 0.3 is 153 Å². The Morgan fingerprint density at radius 1 is 1.12 bits per heavy atom. The number of nitrogens with one attached hydrogen (secondary N) is 1. The third kappa shape index (κ3) is 3.21. The van der Waals surface area contributed by atoms with Gasteiger partial charge in [-0.3, -0.25) is 0 Å². The van der Waals surface area contributed by atoms with Gasteiger partial charge in [-0.1, -0.05) is 0 Å². The van der Waals surface area contributed by atoms with Crippen LogP contribution in [0.5, 0.6) is 0 Å². The Morgan fingerprint density at radius 3 is 2.79 bits per heavy atom. The standard InChI is InChI=1S/C18H15AsClN4/c20-15-6-7-16-17(10-15)24(19-11-14-4-2-1-3-5-14)12-18(22-16)23-9-8-21-13-23/h1-10,12-13,22H,11H2. The number of aromatic nitrogens is 2. The molecule has 4 nitrogen and oxygen atoms in total. The van der Waals surface area contributed by atoms with Gasteiger partial charge in [0, 0.05) is 0 Å². The van der Waals surface area contributed by atoms with Gasteiger partial charge in [0.2, 0.25) is 0 Å². The molecular weight excluding hydrogens is 383 g/mol. The monoisotopic (exact) mass is 397 g/mol. The molecule has 6 heteroatoms. The van der Waals surface area contributed by atoms with Crippen molar-refractivity contribution < 1.29 is 0 Å². The van der Waals surface area contributed by atoms with E-state index >= 15 is 0 Å². The van der Waals surface area contributed by atoms with Crippen molar-refractivity contribution in [2.75, 3.05) is 9.13 Å². The third-order valence-corrected chi connectivity index (χ3v) is 6.38. The molecule has 1 aliphatic rings. The van der Waals surface area contributed by atoms with Crippen LogP contribution < -0.4 is 9.13 Å². The molecular formula is C18H15AsClN4. The summed E-state index contributed by atoms with van der Waals surface area (Å²) in [7, 11) is 0. The molecule has 0 unspecified atom stereocenters. The molecule has 2 heterocycles. The molecule has 2 aromatic carbocycles. The maximum absolute atomic E-state index is 6.22. The van der Waals surface area contributed by atoms with Gasteiger partial charge < -0.3 is 0 Å². The first kappa shape index (κ1) is 15.4. The summed E-state index contributed by atoms with van der Waals surface area (Å²) in [5.74, 6) is 0.991. The Kier molecular flexibility index (Phi) is 4.33. The molecule has 24 heavy (non-hydrogen) atoms. The van der Waals surface area contributed by atoms with Crippen molar-refractivity contribution in [1.82, 2.24) is 9.55 Å². The van der Waals surface area contributed by atoms with E-state index in [1.807, 2.05) is 29.0 Å². The first-order chi connectivity index (χ1) is 11.8. The van der Waals surface area contributed by atoms with E-state index in [0.29, 0.717) is 0 Å². The van der Waals surface area contributed by atoms with Crippen molar-refractivity contribution in [3.8, 4) is 0 Å². The quantitative estimate of drug-likeness (QED) is 0.674. The van der Waals surface area contributed by atoms with Gasteiger partial charge in [0.15, 0.2) is 0 Å². The molecule has 0 spiro atoms. The van der Waals surface area contributed by atoms with Crippen LogP contribution in [0.3, 0.4) is 0 Å². The van der Waals surface area contributed by atoms with Crippen molar-refractivity contribution >= 4 is 44.8 Å². The molecule has 0 amide bonds. The molecule has 4 rings (SSSR count). The van der Waals surface area contributed by atoms with E-state index in [-0.39, 0.29) is 16.0 Å². The molecule has 1 aliphatic heterocycles. The fourth-order valence-electron chi connectivity index (χ4n) is 2.55. The molecule has 0 aliphatic carbocycles. The molecule has 0 bridgehead atoms. The number of hydrogen-bond donors (Lipinski definition) is 1. The Labute approximate surface area is 152 Å². The normalized spacial score (nSPS) is 13.7. The van der Waals surface area contributed by atoms with Crippen LogP contribution in [0.4, 0.5) is 11.4 Å². The second-order valence-corrected chi connectivity index (χ2v) is 8.00. The van der Waals surface area contributed by atoms with Crippen molar-refractivity contribution in [3.63, 3.8) is 0 Å². The average molecular weight is 398 g/mol. The van der Waals surface area contributed by atoms with E-state index < -0.39 is 0 Å². The van der Waals surface area contributed by atoms with Gasteiger partial charge in [0.1, 0.15) is 0 Å². The van der Waals surface area contributed by atoms with Gasteiger partial charge in [-0.25, -0.2) is 0 Å². The van der Waals surface area contributed by atoms with Crippen LogP contribution in [0.15, 0.2) is 73.5 Å². The fourth-order valence-corrected chi connectivity index (χ4v) is 4.89. The van der Waals surface area contributed by atoms with Crippen LogP contribution in [-0.2, 0) is 5.21 Å². The van der Waals surface area contributed by atoms with Gasteiger partial charge in [-0.2, -0.15) is 0 Å². The zero-order valence-corrected chi connectivity index (χ0v) is 15.4. The van der Waals surface area contributed by atoms with E-state index in [0.717, 1.165) is 27.4 Å². The fraction of sp³-hybridized carbons (Fsp3) is 0.0556. The predicted molar refractivity (Wildman–Crippen MR) is 100.0 cm³/mol. The number of fused-ring (bicyclic) bond motifs is 1. The second kappa shape index (κ2) is 6.76. The zero-order chi connectivity index (χ0) is 16.4. The molecule has 0 saturated heterocycles. The minimum atomic E-state index is -0.0898. The first-order valence-electron chi connectivity index (χ1n) is 7.57. The van der Waals surface area contributed by atoms with Gasteiger partial charge in [0.25, 0.3) is 0 Å². The Balaban J connectivity index is 1.65. The molecule has 3 aromatic rings. The summed E-state index contributed by atoms with van der Waals surface area (Å²) in [6.07, 6.45) is 7.66. The number of anilines is 2. The number of benzene rings is 2. The van der Waals surface area contributed by atoms with Crippen LogP contribution in [0, 0.1) is 0 Å². The molecule has 1 radical (unpaired) electrons. The molecule has 119 valence electrons. The summed E-state index contributed by atoms with van der Waals surface area (Å²) in [5.41, 5.74) is 3.55. The molecule has 1 aromatic heterocycles. The minimum absolute atomic E-state index is 0.0898. The third-order valence-electron chi connectivity index (χ3n) is 3.74. The molecule has 0 saturated carbocycles. The van der Waals surface area contributed by atoms with Gasteiger partial charge in [0.05, 0.1) is 0 Å². The zero-order valence-electron chi connectivity index (χ0n) is 12.8. The van der Waals surface area contributed by atoms with E-state index in [2.05, 4.69) is 50.6 Å². The van der Waals surface area contributed by atoms with Crippen LogP contribution in [0.25, 0.3) is 5.82 Å². The number of halogens is 1. The number of hydrogen-bond acceptors (Lipinski definition) is 3. The number of rotatable bonds is 4. The maximum atomic E-state index is 6.22.